The molecule has 0 aromatic carbocycles. The van der Waals surface area contributed by atoms with Crippen LogP contribution >= 0.6 is 36.4 Å². The normalized spacial score (nSPS) is 51.6. The Morgan fingerprint density at radius 2 is 1.59 bits per heavy atom. The van der Waals surface area contributed by atoms with E-state index in [9.17, 15) is 9.13 Å². The predicted octanol–water partition coefficient (Wildman–Crippen LogP) is 3.54. The van der Waals surface area contributed by atoms with Crippen LogP contribution in [0.3, 0.4) is 0 Å². The quantitative estimate of drug-likeness (QED) is 0.687. The first-order valence-electron chi connectivity index (χ1n) is 5.00. The minimum absolute atomic E-state index is 0.0587. The van der Waals surface area contributed by atoms with Gasteiger partial charge in [-0.3, -0.25) is 18.1 Å². The summed E-state index contributed by atoms with van der Waals surface area (Å²) < 4.78 is 42.9. The van der Waals surface area contributed by atoms with Crippen molar-refractivity contribution >= 4 is 36.4 Å². The van der Waals surface area contributed by atoms with E-state index in [1.165, 1.54) is 0 Å². The fourth-order valence-corrected chi connectivity index (χ4v) is 4.63. The molecule has 2 fully saturated rings. The monoisotopic (exact) mass is 324 g/mol. The molecule has 10 heteroatoms. The maximum atomic E-state index is 11.5. The van der Waals surface area contributed by atoms with Crippen LogP contribution in [0, 0.1) is 5.41 Å². The molecule has 0 aromatic rings. The summed E-state index contributed by atoms with van der Waals surface area (Å²) >= 11 is 11.0. The topological polar surface area (TPSA) is 71.1 Å². The van der Waals surface area contributed by atoms with Crippen LogP contribution in [-0.2, 0) is 27.2 Å². The summed E-state index contributed by atoms with van der Waals surface area (Å²) in [5.41, 5.74) is -0.666. The van der Waals surface area contributed by atoms with Gasteiger partial charge in [0, 0.05) is 22.5 Å². The molecule has 2 heterocycles. The maximum absolute atomic E-state index is 11.5. The molecule has 2 unspecified atom stereocenters. The van der Waals surface area contributed by atoms with Gasteiger partial charge in [-0.15, -0.1) is 0 Å². The lowest BCUT2D eigenvalue weighted by atomic mass is 9.83. The molecule has 2 saturated heterocycles. The zero-order valence-corrected chi connectivity index (χ0v) is 12.3. The molecular formula is C7H12Cl2O6P2. The molecule has 0 aliphatic carbocycles. The third-order valence-corrected chi connectivity index (χ3v) is 5.76. The smallest absolute Gasteiger partial charge is 0.296 e. The summed E-state index contributed by atoms with van der Waals surface area (Å²) in [4.78, 5) is 0. The predicted molar refractivity (Wildman–Crippen MR) is 62.4 cm³/mol. The van der Waals surface area contributed by atoms with E-state index in [1.807, 2.05) is 6.92 Å². The van der Waals surface area contributed by atoms with Gasteiger partial charge in [-0.05, 0) is 6.42 Å². The third kappa shape index (κ3) is 3.07. The molecule has 0 aromatic heterocycles. The zero-order valence-electron chi connectivity index (χ0n) is 9.01. The van der Waals surface area contributed by atoms with Crippen LogP contribution in [0.5, 0.6) is 0 Å². The molecule has 17 heavy (non-hydrogen) atoms. The summed E-state index contributed by atoms with van der Waals surface area (Å²) in [6.45, 7) is -4.99. The average Bonchev–Trinajstić information content (AvgIpc) is 2.25. The van der Waals surface area contributed by atoms with E-state index in [4.69, 9.17) is 40.6 Å². The highest BCUT2D eigenvalue weighted by Gasteiger charge is 2.53. The van der Waals surface area contributed by atoms with Gasteiger partial charge in [-0.2, -0.15) is 0 Å². The van der Waals surface area contributed by atoms with Gasteiger partial charge in [0.25, 0.3) is 0 Å². The number of rotatable bonds is 1. The third-order valence-electron chi connectivity index (χ3n) is 2.83. The van der Waals surface area contributed by atoms with Crippen LogP contribution in [0.15, 0.2) is 0 Å². The average molecular weight is 325 g/mol. The number of hydrogen-bond donors (Lipinski definition) is 0. The molecule has 6 nitrogen and oxygen atoms in total. The van der Waals surface area contributed by atoms with E-state index in [0.29, 0.717) is 6.42 Å². The first-order chi connectivity index (χ1) is 7.79. The van der Waals surface area contributed by atoms with Crippen LogP contribution in [0.2, 0.25) is 0 Å². The van der Waals surface area contributed by atoms with E-state index in [-0.39, 0.29) is 19.8 Å². The van der Waals surface area contributed by atoms with Crippen molar-refractivity contribution in [2.75, 3.05) is 19.8 Å². The van der Waals surface area contributed by atoms with E-state index in [1.54, 1.807) is 0 Å². The van der Waals surface area contributed by atoms with E-state index in [0.717, 1.165) is 0 Å². The highest BCUT2D eigenvalue weighted by Crippen LogP contribution is 2.65. The van der Waals surface area contributed by atoms with Gasteiger partial charge in [0.05, 0.1) is 31.3 Å². The molecule has 0 radical (unpaired) electrons. The fourth-order valence-electron chi connectivity index (χ4n) is 1.86. The van der Waals surface area contributed by atoms with Crippen molar-refractivity contribution in [1.82, 2.24) is 0 Å². The molecular weight excluding hydrogens is 313 g/mol. The Labute approximate surface area is 108 Å². The second kappa shape index (κ2) is 4.77. The molecule has 1 spiro atoms. The molecule has 2 aliphatic rings. The summed E-state index contributed by atoms with van der Waals surface area (Å²) in [5.74, 6) is 0. The Morgan fingerprint density at radius 1 is 1.12 bits per heavy atom. The molecule has 100 valence electrons. The van der Waals surface area contributed by atoms with E-state index >= 15 is 0 Å². The highest BCUT2D eigenvalue weighted by atomic mass is 35.7. The summed E-state index contributed by atoms with van der Waals surface area (Å²) in [7, 11) is 0. The molecule has 0 N–H and O–H groups in total. The first kappa shape index (κ1) is 14.3. The molecule has 2 atom stereocenters. The maximum Gasteiger partial charge on any atom is 0.424 e. The van der Waals surface area contributed by atoms with Crippen LogP contribution in [0.1, 0.15) is 13.3 Å². The van der Waals surface area contributed by atoms with Gasteiger partial charge in [0.15, 0.2) is 0 Å². The van der Waals surface area contributed by atoms with Gasteiger partial charge in [-0.25, -0.2) is 9.13 Å². The van der Waals surface area contributed by atoms with Crippen LogP contribution in [-0.4, -0.2) is 25.9 Å². The zero-order chi connectivity index (χ0) is 12.7. The Balaban J connectivity index is 2.15. The van der Waals surface area contributed by atoms with Crippen LogP contribution < -0.4 is 0 Å². The molecule has 0 bridgehead atoms. The van der Waals surface area contributed by atoms with Gasteiger partial charge >= 0.3 is 13.9 Å². The Kier molecular flexibility index (Phi) is 4.01. The van der Waals surface area contributed by atoms with E-state index in [2.05, 4.69) is 0 Å². The molecule has 2 rings (SSSR count). The summed E-state index contributed by atoms with van der Waals surface area (Å²) in [6, 6.07) is 0. The second-order valence-corrected chi connectivity index (χ2v) is 9.24. The van der Waals surface area contributed by atoms with Crippen LogP contribution in [0.25, 0.3) is 0 Å². The SMILES string of the molecule is CCC1OP(=O)(Cl)OCC12COP(=O)(Cl)OC2. The van der Waals surface area contributed by atoms with E-state index < -0.39 is 25.4 Å². The summed E-state index contributed by atoms with van der Waals surface area (Å²) in [5, 5.41) is 0. The lowest BCUT2D eigenvalue weighted by molar-refractivity contribution is -0.108. The highest BCUT2D eigenvalue weighted by molar-refractivity contribution is 7.81. The molecule has 0 saturated carbocycles. The lowest BCUT2D eigenvalue weighted by Crippen LogP contribution is -2.51. The van der Waals surface area contributed by atoms with Crippen molar-refractivity contribution in [3.63, 3.8) is 0 Å². The Morgan fingerprint density at radius 3 is 2.06 bits per heavy atom. The standard InChI is InChI=1S/C7H12Cl2O6P2/c1-2-6-7(5-14-17(9,11)15-6)3-12-16(8,10)13-4-7/h6H,2-5H2,1H3. The molecule has 0 amide bonds. The minimum atomic E-state index is -3.53. The van der Waals surface area contributed by atoms with Crippen molar-refractivity contribution < 1.29 is 27.2 Å². The van der Waals surface area contributed by atoms with Gasteiger partial charge in [0.1, 0.15) is 0 Å². The van der Waals surface area contributed by atoms with Crippen molar-refractivity contribution in [2.24, 2.45) is 5.41 Å². The fraction of sp³-hybridized carbons (Fsp3) is 1.00. The lowest BCUT2D eigenvalue weighted by Gasteiger charge is -2.45. The first-order valence-corrected chi connectivity index (χ1v) is 9.90. The van der Waals surface area contributed by atoms with Crippen molar-refractivity contribution in [3.8, 4) is 0 Å². The largest absolute Gasteiger partial charge is 0.424 e. The Bertz CT molecular complexity index is 382. The van der Waals surface area contributed by atoms with Crippen LogP contribution in [0.4, 0.5) is 0 Å². The number of halogens is 2. The molecule has 2 aliphatic heterocycles. The van der Waals surface area contributed by atoms with Gasteiger partial charge in [0.2, 0.25) is 0 Å². The minimum Gasteiger partial charge on any atom is -0.296 e. The van der Waals surface area contributed by atoms with Crippen molar-refractivity contribution in [3.05, 3.63) is 0 Å². The summed E-state index contributed by atoms with van der Waals surface area (Å²) in [6.07, 6.45) is 0.107. The van der Waals surface area contributed by atoms with Gasteiger partial charge in [-0.1, -0.05) is 6.92 Å². The van der Waals surface area contributed by atoms with Crippen molar-refractivity contribution in [1.29, 1.82) is 0 Å². The number of hydrogen-bond acceptors (Lipinski definition) is 6. The Hall–Kier alpha value is 0.880. The van der Waals surface area contributed by atoms with Crippen molar-refractivity contribution in [2.45, 2.75) is 19.4 Å². The second-order valence-electron chi connectivity index (χ2n) is 4.05. The van der Waals surface area contributed by atoms with Gasteiger partial charge < -0.3 is 0 Å².